The van der Waals surface area contributed by atoms with Crippen molar-refractivity contribution in [2.45, 2.75) is 85.5 Å². The maximum Gasteiger partial charge on any atom is 0.224 e. The van der Waals surface area contributed by atoms with Gasteiger partial charge < -0.3 is 79.9 Å². The van der Waals surface area contributed by atoms with Gasteiger partial charge in [-0.1, -0.05) is 0 Å². The minimum absolute atomic E-state index is 0. The van der Waals surface area contributed by atoms with Crippen LogP contribution < -0.4 is 0 Å². The summed E-state index contributed by atoms with van der Waals surface area (Å²) in [6.45, 7) is -3.14. The van der Waals surface area contributed by atoms with Gasteiger partial charge in [0.1, 0.15) is 73.8 Å². The van der Waals surface area contributed by atoms with Crippen LogP contribution in [0.1, 0.15) is 0 Å². The van der Waals surface area contributed by atoms with E-state index in [0.29, 0.717) is 0 Å². The molecule has 3 heterocycles. The quantitative estimate of drug-likeness (QED) is 0.115. The van der Waals surface area contributed by atoms with Crippen LogP contribution >= 0.6 is 12.4 Å². The van der Waals surface area contributed by atoms with Crippen molar-refractivity contribution in [3.63, 3.8) is 0 Å². The van der Waals surface area contributed by atoms with Gasteiger partial charge >= 0.3 is 0 Å². The molecule has 0 spiro atoms. The Balaban J connectivity index is 0.00000324. The van der Waals surface area contributed by atoms with Crippen LogP contribution in [-0.2, 0) is 43.2 Å². The van der Waals surface area contributed by atoms with E-state index in [4.69, 9.17) is 23.7 Å². The first kappa shape index (κ1) is 34.3. The number of rotatable bonds is 8. The van der Waals surface area contributed by atoms with Crippen LogP contribution in [0.3, 0.4) is 0 Å². The minimum atomic E-state index is -2.36. The molecular weight excluding hydrogens is 573 g/mol. The third-order valence-electron chi connectivity index (χ3n) is 6.16. The van der Waals surface area contributed by atoms with Crippen molar-refractivity contribution >= 4 is 12.4 Å². The first-order valence-corrected chi connectivity index (χ1v) is 10.6. The standard InChI is InChI=1S/C18H32O16.ClH.Zn/c19-1-5-8(22)11(25)13(27)16(31-5)30-3-7-9(23)12(26)14(28)17(32-7)34-18(4-21)15(29)10(24)6(2-20)33-18;;/h5-17,19-29H,1-4H2;1H;/t5-,6-,7-,8+,9-,10-,11+,12+,13-,14-,15+,16+,17-,18+;;/m1../s1. The molecule has 3 aliphatic heterocycles. The summed E-state index contributed by atoms with van der Waals surface area (Å²) in [4.78, 5) is 0. The molecule has 0 radical (unpaired) electrons. The largest absolute Gasteiger partial charge is 0.394 e. The van der Waals surface area contributed by atoms with Crippen LogP contribution in [0.5, 0.6) is 0 Å². The van der Waals surface area contributed by atoms with E-state index >= 15 is 0 Å². The number of aliphatic hydroxyl groups excluding tert-OH is 11. The van der Waals surface area contributed by atoms with Gasteiger partial charge in [-0.15, -0.1) is 12.4 Å². The molecule has 0 unspecified atom stereocenters. The molecule has 16 nitrogen and oxygen atoms in total. The SMILES string of the molecule is Cl.OC[C@H]1O[C@H](OC[C@H]2O[C@H](O[C@]3(CO)O[C@H](CO)[C@@H](O)[C@@H]3O)[C@H](O)[C@@H](O)[C@@H]2O)[C@H](O)[C@@H](O)[C@H]1O.[Zn]. The predicted molar refractivity (Wildman–Crippen MR) is 109 cm³/mol. The maximum absolute atomic E-state index is 10.3. The molecule has 0 aromatic carbocycles. The first-order valence-electron chi connectivity index (χ1n) is 10.6. The Morgan fingerprint density at radius 3 is 1.61 bits per heavy atom. The van der Waals surface area contributed by atoms with Crippen molar-refractivity contribution in [1.29, 1.82) is 0 Å². The molecule has 3 rings (SSSR count). The van der Waals surface area contributed by atoms with Gasteiger partial charge in [-0.3, -0.25) is 0 Å². The zero-order chi connectivity index (χ0) is 25.4. The van der Waals surface area contributed by atoms with Crippen molar-refractivity contribution in [2.24, 2.45) is 0 Å². The number of hydrogen-bond donors (Lipinski definition) is 11. The first-order chi connectivity index (χ1) is 16.0. The van der Waals surface area contributed by atoms with Gasteiger partial charge in [0.05, 0.1) is 19.8 Å². The van der Waals surface area contributed by atoms with Crippen LogP contribution in [0.2, 0.25) is 0 Å². The van der Waals surface area contributed by atoms with Gasteiger partial charge in [-0.25, -0.2) is 0 Å². The Labute approximate surface area is 223 Å². The van der Waals surface area contributed by atoms with Gasteiger partial charge in [0, 0.05) is 19.5 Å². The number of aliphatic hydroxyl groups is 11. The second-order valence-corrected chi connectivity index (χ2v) is 8.41. The molecule has 14 atom stereocenters. The Morgan fingerprint density at radius 2 is 1.11 bits per heavy atom. The van der Waals surface area contributed by atoms with Gasteiger partial charge in [-0.2, -0.15) is 0 Å². The molecule has 0 saturated carbocycles. The summed E-state index contributed by atoms with van der Waals surface area (Å²) in [5.41, 5.74) is 0. The molecule has 210 valence electrons. The van der Waals surface area contributed by atoms with E-state index < -0.39 is 112 Å². The summed E-state index contributed by atoms with van der Waals surface area (Å²) >= 11 is 0. The molecule has 0 aromatic rings. The molecule has 11 N–H and O–H groups in total. The zero-order valence-corrected chi connectivity index (χ0v) is 22.7. The third kappa shape index (κ3) is 6.52. The summed E-state index contributed by atoms with van der Waals surface area (Å²) in [7, 11) is 0. The fraction of sp³-hybridized carbons (Fsp3) is 1.00. The van der Waals surface area contributed by atoms with E-state index in [-0.39, 0.29) is 31.9 Å². The Bertz CT molecular complexity index is 667. The third-order valence-corrected chi connectivity index (χ3v) is 6.16. The van der Waals surface area contributed by atoms with E-state index in [0.717, 1.165) is 0 Å². The summed E-state index contributed by atoms with van der Waals surface area (Å²) in [6, 6.07) is 0. The number of halogens is 1. The van der Waals surface area contributed by atoms with Crippen molar-refractivity contribution in [2.75, 3.05) is 26.4 Å². The average molecular weight is 606 g/mol. The van der Waals surface area contributed by atoms with Crippen LogP contribution in [0.15, 0.2) is 0 Å². The van der Waals surface area contributed by atoms with E-state index in [9.17, 15) is 56.2 Å². The molecule has 0 amide bonds. The van der Waals surface area contributed by atoms with Gasteiger partial charge in [0.15, 0.2) is 12.6 Å². The van der Waals surface area contributed by atoms with Crippen LogP contribution in [0.4, 0.5) is 0 Å². The summed E-state index contributed by atoms with van der Waals surface area (Å²) < 4.78 is 26.4. The van der Waals surface area contributed by atoms with Crippen LogP contribution in [-0.4, -0.2) is 168 Å². The second-order valence-electron chi connectivity index (χ2n) is 8.41. The van der Waals surface area contributed by atoms with Crippen molar-refractivity contribution in [3.05, 3.63) is 0 Å². The summed E-state index contributed by atoms with van der Waals surface area (Å²) in [5, 5.41) is 109. The zero-order valence-electron chi connectivity index (χ0n) is 18.9. The summed E-state index contributed by atoms with van der Waals surface area (Å²) in [5.74, 6) is -2.36. The van der Waals surface area contributed by atoms with Crippen molar-refractivity contribution < 1.29 is 99.3 Å². The molecule has 3 fully saturated rings. The van der Waals surface area contributed by atoms with E-state index in [2.05, 4.69) is 0 Å². The molecule has 36 heavy (non-hydrogen) atoms. The molecular formula is C18H33ClO16Zn. The van der Waals surface area contributed by atoms with Crippen molar-refractivity contribution in [3.8, 4) is 0 Å². The summed E-state index contributed by atoms with van der Waals surface area (Å²) in [6.07, 6.45) is -21.8. The van der Waals surface area contributed by atoms with Crippen molar-refractivity contribution in [1.82, 2.24) is 0 Å². The molecule has 3 saturated heterocycles. The topological polar surface area (TPSA) is 269 Å². The van der Waals surface area contributed by atoms with Gasteiger partial charge in [0.2, 0.25) is 5.79 Å². The van der Waals surface area contributed by atoms with Crippen LogP contribution in [0.25, 0.3) is 0 Å². The fourth-order valence-electron chi connectivity index (χ4n) is 4.01. The van der Waals surface area contributed by atoms with Gasteiger partial charge in [-0.05, 0) is 0 Å². The fourth-order valence-corrected chi connectivity index (χ4v) is 4.01. The predicted octanol–water partition coefficient (Wildman–Crippen LogP) is -7.15. The normalized spacial score (nSPS) is 49.2. The smallest absolute Gasteiger partial charge is 0.224 e. The monoisotopic (exact) mass is 604 g/mol. The molecule has 3 aliphatic rings. The van der Waals surface area contributed by atoms with E-state index in [1.54, 1.807) is 0 Å². The average Bonchev–Trinajstić information content (AvgIpc) is 3.08. The molecule has 0 aromatic heterocycles. The molecule has 0 aliphatic carbocycles. The van der Waals surface area contributed by atoms with E-state index in [1.165, 1.54) is 0 Å². The Morgan fingerprint density at radius 1 is 0.611 bits per heavy atom. The minimum Gasteiger partial charge on any atom is -0.394 e. The number of hydrogen-bond acceptors (Lipinski definition) is 16. The number of ether oxygens (including phenoxy) is 5. The Kier molecular flexibility index (Phi) is 13.4. The van der Waals surface area contributed by atoms with Gasteiger partial charge in [0.25, 0.3) is 0 Å². The molecule has 0 bridgehead atoms. The van der Waals surface area contributed by atoms with E-state index in [1.807, 2.05) is 0 Å². The maximum atomic E-state index is 10.3. The second kappa shape index (κ2) is 14.1. The molecule has 18 heteroatoms. The van der Waals surface area contributed by atoms with Crippen LogP contribution in [0, 0.1) is 0 Å². The Hall–Kier alpha value is 0.273.